The topological polar surface area (TPSA) is 56.9 Å². The second-order valence-electron chi connectivity index (χ2n) is 4.60. The molecule has 1 aliphatic carbocycles. The van der Waals surface area contributed by atoms with Gasteiger partial charge in [-0.2, -0.15) is 0 Å². The van der Waals surface area contributed by atoms with Crippen LogP contribution in [0.4, 0.5) is 0 Å². The van der Waals surface area contributed by atoms with Crippen LogP contribution in [0, 0.1) is 0 Å². The van der Waals surface area contributed by atoms with Crippen LogP contribution < -0.4 is 11.3 Å². The number of hydrogen-bond acceptors (Lipinski definition) is 3. The molecule has 5 heteroatoms. The average Bonchev–Trinajstić information content (AvgIpc) is 3.02. The Morgan fingerprint density at radius 2 is 2.13 bits per heavy atom. The molecule has 1 saturated carbocycles. The van der Waals surface area contributed by atoms with Crippen LogP contribution >= 0.6 is 0 Å². The van der Waals surface area contributed by atoms with Gasteiger partial charge in [0.2, 0.25) is 5.96 Å². The highest BCUT2D eigenvalue weighted by atomic mass is 15.4. The number of piperazine rings is 1. The summed E-state index contributed by atoms with van der Waals surface area (Å²) in [5.41, 5.74) is 2.74. The van der Waals surface area contributed by atoms with E-state index < -0.39 is 0 Å². The van der Waals surface area contributed by atoms with Crippen LogP contribution in [0.25, 0.3) is 0 Å². The summed E-state index contributed by atoms with van der Waals surface area (Å²) in [6.07, 6.45) is 2.43. The zero-order chi connectivity index (χ0) is 10.8. The van der Waals surface area contributed by atoms with Crippen LogP contribution in [-0.2, 0) is 0 Å². The molecule has 2 aliphatic rings. The summed E-state index contributed by atoms with van der Waals surface area (Å²) in [5, 5.41) is 0. The average molecular weight is 211 g/mol. The van der Waals surface area contributed by atoms with Crippen molar-refractivity contribution < 1.29 is 0 Å². The Balaban J connectivity index is 1.96. The predicted octanol–water partition coefficient (Wildman–Crippen LogP) is -0.396. The van der Waals surface area contributed by atoms with Crippen molar-refractivity contribution in [2.45, 2.75) is 31.8 Å². The third kappa shape index (κ3) is 2.60. The van der Waals surface area contributed by atoms with E-state index in [0.717, 1.165) is 25.6 Å². The number of hydrogen-bond donors (Lipinski definition) is 2. The van der Waals surface area contributed by atoms with Crippen molar-refractivity contribution in [1.29, 1.82) is 0 Å². The molecular weight excluding hydrogens is 190 g/mol. The minimum atomic E-state index is 0.519. The Morgan fingerprint density at radius 1 is 1.40 bits per heavy atom. The molecule has 0 aromatic carbocycles. The Bertz CT molecular complexity index is 248. The fourth-order valence-corrected chi connectivity index (χ4v) is 1.83. The highest BCUT2D eigenvalue weighted by molar-refractivity contribution is 5.79. The third-order valence-electron chi connectivity index (χ3n) is 3.24. The van der Waals surface area contributed by atoms with Gasteiger partial charge in [-0.25, -0.2) is 10.8 Å². The highest BCUT2D eigenvalue weighted by Gasteiger charge is 2.26. The number of nitrogens with one attached hydrogen (secondary N) is 1. The highest BCUT2D eigenvalue weighted by Crippen LogP contribution is 2.23. The summed E-state index contributed by atoms with van der Waals surface area (Å²) in [4.78, 5) is 9.19. The van der Waals surface area contributed by atoms with Crippen LogP contribution in [-0.4, -0.2) is 54.5 Å². The number of aliphatic imine (C=N–C) groups is 1. The fourth-order valence-electron chi connectivity index (χ4n) is 1.83. The molecule has 1 aliphatic heterocycles. The van der Waals surface area contributed by atoms with Crippen molar-refractivity contribution in [3.05, 3.63) is 0 Å². The standard InChI is InChI=1S/C10H21N5/c1-8-7-15(6-5-14(8)2)10(13-11)12-9-3-4-9/h8-9H,3-7,11H2,1-2H3,(H,12,13). The molecule has 0 aromatic rings. The van der Waals surface area contributed by atoms with E-state index in [1.807, 2.05) is 0 Å². The van der Waals surface area contributed by atoms with Gasteiger partial charge in [0, 0.05) is 25.7 Å². The number of nitrogens with two attached hydrogens (primary N) is 1. The Hall–Kier alpha value is -0.810. The van der Waals surface area contributed by atoms with Gasteiger partial charge in [-0.1, -0.05) is 0 Å². The van der Waals surface area contributed by atoms with Crippen LogP contribution in [0.15, 0.2) is 4.99 Å². The second kappa shape index (κ2) is 4.37. The lowest BCUT2D eigenvalue weighted by molar-refractivity contribution is 0.150. The van der Waals surface area contributed by atoms with Gasteiger partial charge in [0.1, 0.15) is 0 Å². The lowest BCUT2D eigenvalue weighted by atomic mass is 10.2. The Labute approximate surface area is 91.3 Å². The second-order valence-corrected chi connectivity index (χ2v) is 4.60. The smallest absolute Gasteiger partial charge is 0.208 e. The number of hydrazine groups is 1. The lowest BCUT2D eigenvalue weighted by Gasteiger charge is -2.38. The summed E-state index contributed by atoms with van der Waals surface area (Å²) >= 11 is 0. The maximum absolute atomic E-state index is 5.52. The zero-order valence-electron chi connectivity index (χ0n) is 9.61. The molecule has 3 N–H and O–H groups in total. The SMILES string of the molecule is CC1CN(C(=NC2CC2)NN)CCN1C. The first kappa shape index (κ1) is 10.7. The first-order valence-electron chi connectivity index (χ1n) is 5.70. The van der Waals surface area contributed by atoms with Crippen LogP contribution in [0.3, 0.4) is 0 Å². The van der Waals surface area contributed by atoms with E-state index in [0.29, 0.717) is 12.1 Å². The van der Waals surface area contributed by atoms with Crippen molar-refractivity contribution in [2.24, 2.45) is 10.8 Å². The number of nitrogens with zero attached hydrogens (tertiary/aromatic N) is 3. The first-order valence-corrected chi connectivity index (χ1v) is 5.70. The van der Waals surface area contributed by atoms with Crippen molar-refractivity contribution in [3.63, 3.8) is 0 Å². The van der Waals surface area contributed by atoms with Crippen LogP contribution in [0.2, 0.25) is 0 Å². The van der Waals surface area contributed by atoms with Crippen LogP contribution in [0.1, 0.15) is 19.8 Å². The Morgan fingerprint density at radius 3 is 2.67 bits per heavy atom. The van der Waals surface area contributed by atoms with Gasteiger partial charge in [0.25, 0.3) is 0 Å². The summed E-state index contributed by atoms with van der Waals surface area (Å²) in [6, 6.07) is 1.09. The molecule has 1 unspecified atom stereocenters. The minimum Gasteiger partial charge on any atom is -0.339 e. The van der Waals surface area contributed by atoms with Gasteiger partial charge in [-0.3, -0.25) is 5.43 Å². The monoisotopic (exact) mass is 211 g/mol. The van der Waals surface area contributed by atoms with Gasteiger partial charge >= 0.3 is 0 Å². The molecule has 0 aromatic heterocycles. The quantitative estimate of drug-likeness (QED) is 0.268. The van der Waals surface area contributed by atoms with E-state index >= 15 is 0 Å². The summed E-state index contributed by atoms with van der Waals surface area (Å²) < 4.78 is 0. The summed E-state index contributed by atoms with van der Waals surface area (Å²) in [7, 11) is 2.16. The largest absolute Gasteiger partial charge is 0.339 e. The van der Waals surface area contributed by atoms with Gasteiger partial charge in [0.15, 0.2) is 0 Å². The molecule has 1 heterocycles. The third-order valence-corrected chi connectivity index (χ3v) is 3.24. The zero-order valence-corrected chi connectivity index (χ0v) is 9.61. The molecule has 86 valence electrons. The molecule has 1 saturated heterocycles. The van der Waals surface area contributed by atoms with Crippen molar-refractivity contribution >= 4 is 5.96 Å². The molecular formula is C10H21N5. The molecule has 2 fully saturated rings. The molecule has 0 amide bonds. The molecule has 0 bridgehead atoms. The van der Waals surface area contributed by atoms with Crippen molar-refractivity contribution in [2.75, 3.05) is 26.7 Å². The van der Waals surface area contributed by atoms with E-state index in [2.05, 4.69) is 34.2 Å². The van der Waals surface area contributed by atoms with E-state index in [1.165, 1.54) is 12.8 Å². The van der Waals surface area contributed by atoms with E-state index in [-0.39, 0.29) is 0 Å². The van der Waals surface area contributed by atoms with Gasteiger partial charge < -0.3 is 9.80 Å². The lowest BCUT2D eigenvalue weighted by Crippen LogP contribution is -2.56. The first-order chi connectivity index (χ1) is 7.20. The summed E-state index contributed by atoms with van der Waals surface area (Å²) in [6.45, 7) is 5.33. The molecule has 0 spiro atoms. The normalized spacial score (nSPS) is 29.4. The van der Waals surface area contributed by atoms with Gasteiger partial charge in [0.05, 0.1) is 6.04 Å². The number of rotatable bonds is 1. The van der Waals surface area contributed by atoms with Crippen molar-refractivity contribution in [1.82, 2.24) is 15.2 Å². The molecule has 0 radical (unpaired) electrons. The predicted molar refractivity (Wildman–Crippen MR) is 61.4 cm³/mol. The number of likely N-dealkylation sites (N-methyl/N-ethyl adjacent to an activating group) is 1. The maximum atomic E-state index is 5.52. The minimum absolute atomic E-state index is 0.519. The molecule has 5 nitrogen and oxygen atoms in total. The van der Waals surface area contributed by atoms with Gasteiger partial charge in [-0.15, -0.1) is 0 Å². The Kier molecular flexibility index (Phi) is 3.11. The molecule has 2 rings (SSSR count). The maximum Gasteiger partial charge on any atom is 0.208 e. The van der Waals surface area contributed by atoms with Crippen molar-refractivity contribution in [3.8, 4) is 0 Å². The molecule has 15 heavy (non-hydrogen) atoms. The van der Waals surface area contributed by atoms with Crippen LogP contribution in [0.5, 0.6) is 0 Å². The van der Waals surface area contributed by atoms with E-state index in [4.69, 9.17) is 5.84 Å². The summed E-state index contributed by atoms with van der Waals surface area (Å²) in [5.74, 6) is 6.40. The van der Waals surface area contributed by atoms with E-state index in [9.17, 15) is 0 Å². The van der Waals surface area contributed by atoms with E-state index in [1.54, 1.807) is 0 Å². The fraction of sp³-hybridized carbons (Fsp3) is 0.900. The number of guanidine groups is 1. The van der Waals surface area contributed by atoms with Gasteiger partial charge in [-0.05, 0) is 26.8 Å². The molecule has 1 atom stereocenters.